The van der Waals surface area contributed by atoms with Gasteiger partial charge in [0.2, 0.25) is 5.95 Å². The Balaban J connectivity index is 1.27. The maximum absolute atomic E-state index is 14.2. The molecule has 11 heteroatoms. The van der Waals surface area contributed by atoms with Gasteiger partial charge in [-0.2, -0.15) is 9.97 Å². The average molecular weight is 556 g/mol. The van der Waals surface area contributed by atoms with Gasteiger partial charge < -0.3 is 19.7 Å². The molecule has 0 bridgehead atoms. The molecule has 4 heterocycles. The second-order valence-electron chi connectivity index (χ2n) is 11.3. The summed E-state index contributed by atoms with van der Waals surface area (Å²) in [4.78, 5) is 18.7. The van der Waals surface area contributed by atoms with Gasteiger partial charge in [0.15, 0.2) is 5.82 Å². The molecule has 40 heavy (non-hydrogen) atoms. The van der Waals surface area contributed by atoms with Crippen LogP contribution in [-0.2, 0) is 9.47 Å². The van der Waals surface area contributed by atoms with Crippen LogP contribution in [0.25, 0.3) is 16.9 Å². The van der Waals surface area contributed by atoms with Crippen molar-refractivity contribution in [3.8, 4) is 5.82 Å². The minimum atomic E-state index is -2.75. The fraction of sp³-hybridized carbons (Fsp3) is 0.621. The van der Waals surface area contributed by atoms with Gasteiger partial charge in [0.25, 0.3) is 6.43 Å². The molecule has 3 aromatic rings. The van der Waals surface area contributed by atoms with E-state index in [0.29, 0.717) is 53.8 Å². The lowest BCUT2D eigenvalue weighted by Gasteiger charge is -2.40. The normalized spacial score (nSPS) is 26.5. The highest BCUT2D eigenvalue weighted by Crippen LogP contribution is 2.32. The van der Waals surface area contributed by atoms with Crippen molar-refractivity contribution in [2.75, 3.05) is 56.3 Å². The molecule has 2 aromatic heterocycles. The van der Waals surface area contributed by atoms with E-state index in [9.17, 15) is 8.78 Å². The molecule has 0 unspecified atom stereocenters. The van der Waals surface area contributed by atoms with Crippen molar-refractivity contribution in [3.63, 3.8) is 0 Å². The topological polar surface area (TPSA) is 80.6 Å². The molecule has 3 fully saturated rings. The van der Waals surface area contributed by atoms with Crippen LogP contribution in [0.15, 0.2) is 30.3 Å². The smallest absolute Gasteiger partial charge is 0.296 e. The average Bonchev–Trinajstić information content (AvgIpc) is 3.37. The van der Waals surface area contributed by atoms with Crippen LogP contribution in [0.4, 0.5) is 20.5 Å². The van der Waals surface area contributed by atoms with Crippen LogP contribution < -0.4 is 10.2 Å². The molecular weight excluding hydrogens is 516 g/mol. The largest absolute Gasteiger partial charge is 0.379 e. The zero-order valence-corrected chi connectivity index (χ0v) is 23.3. The van der Waals surface area contributed by atoms with Crippen molar-refractivity contribution in [1.29, 1.82) is 0 Å². The molecule has 6 rings (SSSR count). The van der Waals surface area contributed by atoms with Crippen LogP contribution in [0.2, 0.25) is 0 Å². The first-order valence-electron chi connectivity index (χ1n) is 14.5. The summed E-state index contributed by atoms with van der Waals surface area (Å²) < 4.78 is 41.2. The van der Waals surface area contributed by atoms with Crippen LogP contribution in [0.1, 0.15) is 51.8 Å². The van der Waals surface area contributed by atoms with E-state index in [1.807, 2.05) is 6.07 Å². The van der Waals surface area contributed by atoms with Crippen molar-refractivity contribution >= 4 is 22.8 Å². The Morgan fingerprint density at radius 3 is 2.35 bits per heavy atom. The van der Waals surface area contributed by atoms with Gasteiger partial charge in [-0.15, -0.1) is 0 Å². The Bertz CT molecular complexity index is 1280. The zero-order valence-electron chi connectivity index (χ0n) is 23.3. The van der Waals surface area contributed by atoms with E-state index in [1.165, 1.54) is 17.4 Å². The summed E-state index contributed by atoms with van der Waals surface area (Å²) in [7, 11) is 0. The van der Waals surface area contributed by atoms with Crippen molar-refractivity contribution in [2.24, 2.45) is 5.92 Å². The van der Waals surface area contributed by atoms with Gasteiger partial charge in [-0.1, -0.05) is 12.1 Å². The number of morpholine rings is 2. The summed E-state index contributed by atoms with van der Waals surface area (Å²) >= 11 is 0. The molecule has 2 aliphatic heterocycles. The molecule has 2 atom stereocenters. The first-order valence-corrected chi connectivity index (χ1v) is 14.5. The standard InChI is InChI=1S/C29H39F2N7O2/c1-19-17-40-18-20(2)37(19)25-15-26(38-24-6-4-3-5-23(24)33-28(38)27(30)31)35-29(34-25)32-16-21-7-9-22(10-8-21)36-11-13-39-14-12-36/h3-6,15,19-22,27H,7-14,16-18H2,1-2H3,(H,32,34,35)/t19-,20-,21-,22-/m0/s1. The van der Waals surface area contributed by atoms with E-state index in [0.717, 1.165) is 45.7 Å². The van der Waals surface area contributed by atoms with Crippen LogP contribution in [0, 0.1) is 5.92 Å². The van der Waals surface area contributed by atoms with Crippen LogP contribution in [0.3, 0.4) is 0 Å². The van der Waals surface area contributed by atoms with Crippen LogP contribution in [-0.4, -0.2) is 88.6 Å². The lowest BCUT2D eigenvalue weighted by molar-refractivity contribution is 0.00539. The summed E-state index contributed by atoms with van der Waals surface area (Å²) in [6.45, 7) is 9.80. The number of aromatic nitrogens is 4. The van der Waals surface area contributed by atoms with Crippen molar-refractivity contribution in [1.82, 2.24) is 24.4 Å². The molecular formula is C29H39F2N7O2. The number of benzene rings is 1. The second-order valence-corrected chi connectivity index (χ2v) is 11.3. The van der Waals surface area contributed by atoms with E-state index in [1.54, 1.807) is 24.3 Å². The number of alkyl halides is 2. The van der Waals surface area contributed by atoms with Crippen molar-refractivity contribution < 1.29 is 18.3 Å². The Hall–Kier alpha value is -2.89. The summed E-state index contributed by atoms with van der Waals surface area (Å²) in [5.41, 5.74) is 1.11. The van der Waals surface area contributed by atoms with Gasteiger partial charge in [0, 0.05) is 31.7 Å². The number of fused-ring (bicyclic) bond motifs is 1. The van der Waals surface area contributed by atoms with Gasteiger partial charge in [-0.05, 0) is 57.6 Å². The quantitative estimate of drug-likeness (QED) is 0.451. The Morgan fingerprint density at radius 1 is 0.925 bits per heavy atom. The number of hydrogen-bond donors (Lipinski definition) is 1. The maximum atomic E-state index is 14.2. The molecule has 0 amide bonds. The van der Waals surface area contributed by atoms with E-state index in [2.05, 4.69) is 33.9 Å². The van der Waals surface area contributed by atoms with Gasteiger partial charge >= 0.3 is 0 Å². The Kier molecular flexibility index (Phi) is 8.13. The van der Waals surface area contributed by atoms with Gasteiger partial charge in [-0.25, -0.2) is 13.8 Å². The molecule has 1 aromatic carbocycles. The molecule has 9 nitrogen and oxygen atoms in total. The molecule has 1 N–H and O–H groups in total. The van der Waals surface area contributed by atoms with Gasteiger partial charge in [0.05, 0.1) is 49.5 Å². The summed E-state index contributed by atoms with van der Waals surface area (Å²) in [5.74, 6) is 1.73. The zero-order chi connectivity index (χ0) is 27.6. The third-order valence-electron chi connectivity index (χ3n) is 8.57. The fourth-order valence-corrected chi connectivity index (χ4v) is 6.53. The number of imidazole rings is 1. The lowest BCUT2D eigenvalue weighted by atomic mass is 9.85. The fourth-order valence-electron chi connectivity index (χ4n) is 6.53. The number of halogens is 2. The Morgan fingerprint density at radius 2 is 1.62 bits per heavy atom. The predicted molar refractivity (Wildman–Crippen MR) is 150 cm³/mol. The highest BCUT2D eigenvalue weighted by atomic mass is 19.3. The first-order chi connectivity index (χ1) is 19.5. The number of rotatable bonds is 7. The SMILES string of the molecule is C[C@H]1COC[C@H](C)N1c1cc(-n2c(C(F)F)nc3ccccc32)nc(NC[C@H]2CC[C@H](N3CCOCC3)CC2)n1. The molecule has 216 valence electrons. The van der Waals surface area contributed by atoms with E-state index in [-0.39, 0.29) is 17.9 Å². The Labute approximate surface area is 233 Å². The second kappa shape index (κ2) is 11.9. The van der Waals surface area contributed by atoms with E-state index in [4.69, 9.17) is 19.4 Å². The molecule has 3 aliphatic rings. The molecule has 2 saturated heterocycles. The van der Waals surface area contributed by atoms with Gasteiger partial charge in [0.1, 0.15) is 11.6 Å². The highest BCUT2D eigenvalue weighted by molar-refractivity contribution is 5.78. The van der Waals surface area contributed by atoms with Gasteiger partial charge in [-0.3, -0.25) is 9.47 Å². The number of hydrogen-bond acceptors (Lipinski definition) is 8. The molecule has 0 radical (unpaired) electrons. The maximum Gasteiger partial charge on any atom is 0.296 e. The predicted octanol–water partition coefficient (Wildman–Crippen LogP) is 4.67. The van der Waals surface area contributed by atoms with Crippen LogP contribution >= 0.6 is 0 Å². The van der Waals surface area contributed by atoms with E-state index >= 15 is 0 Å². The number of ether oxygens (including phenoxy) is 2. The number of anilines is 2. The molecule has 0 spiro atoms. The van der Waals surface area contributed by atoms with E-state index < -0.39 is 6.43 Å². The molecule has 1 saturated carbocycles. The van der Waals surface area contributed by atoms with Crippen molar-refractivity contribution in [2.45, 2.75) is 64.1 Å². The minimum absolute atomic E-state index is 0.0870. The highest BCUT2D eigenvalue weighted by Gasteiger charge is 2.30. The third kappa shape index (κ3) is 5.64. The minimum Gasteiger partial charge on any atom is -0.379 e. The number of para-hydroxylation sites is 2. The van der Waals surface area contributed by atoms with Crippen LogP contribution in [0.5, 0.6) is 0 Å². The summed E-state index contributed by atoms with van der Waals surface area (Å²) in [6, 6.07) is 9.80. The number of nitrogens with one attached hydrogen (secondary N) is 1. The first kappa shape index (κ1) is 27.3. The third-order valence-corrected chi connectivity index (χ3v) is 8.57. The summed E-state index contributed by atoms with van der Waals surface area (Å²) in [6.07, 6.45) is 1.90. The molecule has 1 aliphatic carbocycles. The monoisotopic (exact) mass is 555 g/mol. The lowest BCUT2D eigenvalue weighted by Crippen LogP contribution is -2.50. The number of nitrogens with zero attached hydrogens (tertiary/aromatic N) is 6. The van der Waals surface area contributed by atoms with Crippen molar-refractivity contribution in [3.05, 3.63) is 36.2 Å². The summed E-state index contributed by atoms with van der Waals surface area (Å²) in [5, 5.41) is 3.48.